The van der Waals surface area contributed by atoms with Crippen molar-refractivity contribution in [1.82, 2.24) is 19.4 Å². The second kappa shape index (κ2) is 9.27. The fourth-order valence-corrected chi connectivity index (χ4v) is 5.40. The van der Waals surface area contributed by atoms with Crippen LogP contribution in [0.1, 0.15) is 45.2 Å². The van der Waals surface area contributed by atoms with Gasteiger partial charge in [-0.3, -0.25) is 9.47 Å². The molecule has 3 atom stereocenters. The summed E-state index contributed by atoms with van der Waals surface area (Å²) in [5.41, 5.74) is 1.64. The van der Waals surface area contributed by atoms with Crippen molar-refractivity contribution in [1.29, 1.82) is 0 Å². The molecule has 5 rings (SSSR count). The Hall–Kier alpha value is -3.78. The lowest BCUT2D eigenvalue weighted by Crippen LogP contribution is -2.58. The van der Waals surface area contributed by atoms with E-state index in [4.69, 9.17) is 11.3 Å². The third kappa shape index (κ3) is 4.35. The summed E-state index contributed by atoms with van der Waals surface area (Å²) in [6.45, 7) is 14.9. The van der Waals surface area contributed by atoms with Crippen LogP contribution in [-0.4, -0.2) is 50.9 Å². The number of rotatable bonds is 5. The molecule has 1 fully saturated rings. The Labute approximate surface area is 213 Å². The molecule has 1 unspecified atom stereocenters. The maximum Gasteiger partial charge on any atom is 0.586 e. The van der Waals surface area contributed by atoms with Crippen molar-refractivity contribution < 1.29 is 18.3 Å². The molecule has 0 aliphatic carbocycles. The number of alkyl halides is 2. The van der Waals surface area contributed by atoms with Crippen LogP contribution in [0.15, 0.2) is 35.1 Å². The van der Waals surface area contributed by atoms with Gasteiger partial charge >= 0.3 is 12.0 Å². The first-order chi connectivity index (χ1) is 17.7. The van der Waals surface area contributed by atoms with Gasteiger partial charge < -0.3 is 19.2 Å². The SMILES string of the molecule is [C-]#[N+]c1ccc2c(n1)c(N1C[C@@H](CC)N(C(CC)c3ccc4c(c3)OC(F)(F)O4)C[C@@H]1C)nc(=O)n2C. The number of benzene rings is 1. The van der Waals surface area contributed by atoms with Gasteiger partial charge in [0.05, 0.1) is 5.52 Å². The molecule has 2 aromatic heterocycles. The van der Waals surface area contributed by atoms with Crippen LogP contribution in [0.3, 0.4) is 0 Å². The normalized spacial score (nSPS) is 21.7. The van der Waals surface area contributed by atoms with E-state index in [-0.39, 0.29) is 41.1 Å². The number of anilines is 1. The van der Waals surface area contributed by atoms with Crippen LogP contribution >= 0.6 is 0 Å². The van der Waals surface area contributed by atoms with E-state index in [1.807, 2.05) is 6.07 Å². The summed E-state index contributed by atoms with van der Waals surface area (Å²) >= 11 is 0. The van der Waals surface area contributed by atoms with Gasteiger partial charge in [0.1, 0.15) is 0 Å². The van der Waals surface area contributed by atoms with Crippen LogP contribution in [0, 0.1) is 6.57 Å². The van der Waals surface area contributed by atoms with E-state index < -0.39 is 6.29 Å². The van der Waals surface area contributed by atoms with E-state index in [9.17, 15) is 13.6 Å². The highest BCUT2D eigenvalue weighted by Gasteiger charge is 2.44. The zero-order chi connectivity index (χ0) is 26.5. The number of fused-ring (bicyclic) bond motifs is 2. The number of aryl methyl sites for hydroxylation is 1. The molecular weight excluding hydrogens is 482 g/mol. The Morgan fingerprint density at radius 2 is 1.92 bits per heavy atom. The number of aromatic nitrogens is 3. The Kier molecular flexibility index (Phi) is 6.23. The van der Waals surface area contributed by atoms with Crippen molar-refractivity contribution >= 4 is 22.7 Å². The minimum absolute atomic E-state index is 0.0298. The maximum absolute atomic E-state index is 13.6. The zero-order valence-electron chi connectivity index (χ0n) is 21.1. The van der Waals surface area contributed by atoms with E-state index in [1.54, 1.807) is 25.2 Å². The number of hydrogen-bond donors (Lipinski definition) is 0. The van der Waals surface area contributed by atoms with Crippen LogP contribution in [0.5, 0.6) is 11.5 Å². The van der Waals surface area contributed by atoms with Gasteiger partial charge in [0.25, 0.3) is 5.82 Å². The van der Waals surface area contributed by atoms with Gasteiger partial charge in [-0.1, -0.05) is 26.5 Å². The smallest absolute Gasteiger partial charge is 0.395 e. The molecule has 11 heteroatoms. The summed E-state index contributed by atoms with van der Waals surface area (Å²) in [4.78, 5) is 29.5. The molecule has 0 N–H and O–H groups in total. The summed E-state index contributed by atoms with van der Waals surface area (Å²) in [5.74, 6) is 0.793. The molecule has 2 aliphatic heterocycles. The van der Waals surface area contributed by atoms with Crippen molar-refractivity contribution in [3.8, 4) is 11.5 Å². The van der Waals surface area contributed by atoms with Gasteiger partial charge in [0.15, 0.2) is 17.3 Å². The minimum Gasteiger partial charge on any atom is -0.395 e. The molecule has 1 saturated heterocycles. The third-order valence-corrected chi connectivity index (χ3v) is 7.26. The Balaban J connectivity index is 1.49. The number of hydrogen-bond acceptors (Lipinski definition) is 7. The van der Waals surface area contributed by atoms with Crippen molar-refractivity contribution in [3.63, 3.8) is 0 Å². The molecule has 2 aliphatic rings. The number of ether oxygens (including phenoxy) is 2. The lowest BCUT2D eigenvalue weighted by atomic mass is 9.95. The Bertz CT molecular complexity index is 1450. The topological polar surface area (TPSA) is 77.1 Å². The van der Waals surface area contributed by atoms with E-state index in [1.165, 1.54) is 10.6 Å². The van der Waals surface area contributed by atoms with Crippen LogP contribution in [0.4, 0.5) is 20.4 Å². The summed E-state index contributed by atoms with van der Waals surface area (Å²) in [6.07, 6.45) is -2.06. The number of pyridine rings is 1. The van der Waals surface area contributed by atoms with Crippen LogP contribution in [0.25, 0.3) is 15.9 Å². The van der Waals surface area contributed by atoms with Gasteiger partial charge in [0.2, 0.25) is 5.52 Å². The first kappa shape index (κ1) is 24.9. The van der Waals surface area contributed by atoms with Gasteiger partial charge in [0, 0.05) is 38.3 Å². The molecule has 194 valence electrons. The monoisotopic (exact) mass is 510 g/mol. The molecular formula is C26H28F2N6O3. The predicted octanol–water partition coefficient (Wildman–Crippen LogP) is 4.64. The Morgan fingerprint density at radius 3 is 2.62 bits per heavy atom. The van der Waals surface area contributed by atoms with E-state index in [2.05, 4.69) is 50.1 Å². The van der Waals surface area contributed by atoms with E-state index in [0.717, 1.165) is 18.4 Å². The summed E-state index contributed by atoms with van der Waals surface area (Å²) in [5, 5.41) is 0. The molecule has 0 bridgehead atoms. The molecule has 37 heavy (non-hydrogen) atoms. The third-order valence-electron chi connectivity index (χ3n) is 7.26. The van der Waals surface area contributed by atoms with Crippen LogP contribution < -0.4 is 20.1 Å². The quantitative estimate of drug-likeness (QED) is 0.463. The van der Waals surface area contributed by atoms with Crippen molar-refractivity contribution in [2.45, 2.75) is 58.0 Å². The first-order valence-corrected chi connectivity index (χ1v) is 12.3. The highest BCUT2D eigenvalue weighted by Crippen LogP contribution is 2.44. The number of halogens is 2. The van der Waals surface area contributed by atoms with Crippen molar-refractivity contribution in [2.75, 3.05) is 18.0 Å². The van der Waals surface area contributed by atoms with E-state index in [0.29, 0.717) is 29.9 Å². The summed E-state index contributed by atoms with van der Waals surface area (Å²) in [7, 11) is 1.64. The fourth-order valence-electron chi connectivity index (χ4n) is 5.40. The lowest BCUT2D eigenvalue weighted by molar-refractivity contribution is -0.286. The molecule has 1 aromatic carbocycles. The average molecular weight is 511 g/mol. The first-order valence-electron chi connectivity index (χ1n) is 12.3. The summed E-state index contributed by atoms with van der Waals surface area (Å²) in [6, 6.07) is 8.35. The molecule has 4 heterocycles. The highest BCUT2D eigenvalue weighted by atomic mass is 19.3. The maximum atomic E-state index is 13.6. The van der Waals surface area contributed by atoms with Gasteiger partial charge in [-0.2, -0.15) is 4.98 Å². The standard InChI is InChI=1S/C26H28F2N6O3/c1-6-17-14-33(24-23-19(32(5)25(35)31-24)9-11-22(29-4)30-23)15(3)13-34(17)18(7-2)16-8-10-20-21(12-16)37-26(27,28)36-20/h8-12,15,17-18H,6-7,13-14H2,1-3,5H3/t15-,17+,18?/m0/s1. The second-order valence-corrected chi connectivity index (χ2v) is 9.48. The molecule has 3 aromatic rings. The number of piperazine rings is 1. The number of nitrogens with zero attached hydrogens (tertiary/aromatic N) is 6. The molecule has 0 spiro atoms. The second-order valence-electron chi connectivity index (χ2n) is 9.48. The fraction of sp³-hybridized carbons (Fsp3) is 0.462. The van der Waals surface area contributed by atoms with Crippen LogP contribution in [-0.2, 0) is 7.05 Å². The summed E-state index contributed by atoms with van der Waals surface area (Å²) < 4.78 is 37.9. The molecule has 9 nitrogen and oxygen atoms in total. The Morgan fingerprint density at radius 1 is 1.16 bits per heavy atom. The average Bonchev–Trinajstić information content (AvgIpc) is 3.19. The van der Waals surface area contributed by atoms with Gasteiger partial charge in [-0.15, -0.1) is 13.8 Å². The lowest BCUT2D eigenvalue weighted by Gasteiger charge is -2.48. The van der Waals surface area contributed by atoms with Crippen molar-refractivity contribution in [3.05, 3.63) is 57.8 Å². The minimum atomic E-state index is -3.65. The van der Waals surface area contributed by atoms with Gasteiger partial charge in [-0.05, 0) is 49.6 Å². The van der Waals surface area contributed by atoms with Crippen molar-refractivity contribution in [2.24, 2.45) is 7.05 Å². The zero-order valence-corrected chi connectivity index (χ0v) is 21.1. The highest BCUT2D eigenvalue weighted by molar-refractivity contribution is 5.87. The largest absolute Gasteiger partial charge is 0.586 e. The van der Waals surface area contributed by atoms with Gasteiger partial charge in [-0.25, -0.2) is 4.79 Å². The molecule has 0 saturated carbocycles. The van der Waals surface area contributed by atoms with Crippen LogP contribution in [0.2, 0.25) is 0 Å². The molecule has 0 radical (unpaired) electrons. The molecule has 0 amide bonds. The van der Waals surface area contributed by atoms with E-state index >= 15 is 0 Å². The predicted molar refractivity (Wildman–Crippen MR) is 134 cm³/mol.